The first-order valence-corrected chi connectivity index (χ1v) is 15.5. The van der Waals surface area contributed by atoms with Gasteiger partial charge in [-0.3, -0.25) is 9.78 Å². The van der Waals surface area contributed by atoms with E-state index >= 15 is 0 Å². The van der Waals surface area contributed by atoms with E-state index in [0.29, 0.717) is 12.6 Å². The first kappa shape index (κ1) is 29.1. The largest absolute Gasteiger partial charge is 0.331 e. The monoisotopic (exact) mass is 599 g/mol. The highest BCUT2D eigenvalue weighted by Crippen LogP contribution is 2.40. The number of hydrogen-bond acceptors (Lipinski definition) is 4. The van der Waals surface area contributed by atoms with Crippen molar-refractivity contribution in [3.63, 3.8) is 0 Å². The number of fused-ring (bicyclic) bond motifs is 1. The van der Waals surface area contributed by atoms with Crippen molar-refractivity contribution in [2.45, 2.75) is 64.1 Å². The summed E-state index contributed by atoms with van der Waals surface area (Å²) in [6.45, 7) is 2.50. The lowest BCUT2D eigenvalue weighted by molar-refractivity contribution is 0.0607. The van der Waals surface area contributed by atoms with Gasteiger partial charge in [0.25, 0.3) is 5.91 Å². The fourth-order valence-electron chi connectivity index (χ4n) is 5.57. The average Bonchev–Trinajstić information content (AvgIpc) is 3.33. The molecule has 1 saturated carbocycles. The van der Waals surface area contributed by atoms with Crippen molar-refractivity contribution >= 4 is 53.5 Å². The Morgan fingerprint density at radius 2 is 1.82 bits per heavy atom. The molecule has 1 fully saturated rings. The predicted octanol–water partition coefficient (Wildman–Crippen LogP) is 7.52. The third kappa shape index (κ3) is 5.94. The second kappa shape index (κ2) is 12.6. The Morgan fingerprint density at radius 3 is 2.52 bits per heavy atom. The first-order valence-electron chi connectivity index (χ1n) is 13.7. The van der Waals surface area contributed by atoms with Crippen LogP contribution >= 0.6 is 32.2 Å². The Labute approximate surface area is 245 Å². The molecule has 5 rings (SSSR count). The quantitative estimate of drug-likeness (QED) is 0.213. The molecule has 1 amide bonds. The molecule has 0 aliphatic heterocycles. The van der Waals surface area contributed by atoms with Gasteiger partial charge in [-0.25, -0.2) is 8.78 Å². The van der Waals surface area contributed by atoms with E-state index in [2.05, 4.69) is 44.7 Å². The Kier molecular flexibility index (Phi) is 9.16. The smallest absolute Gasteiger partial charge is 0.266 e. The molecule has 1 aliphatic rings. The number of rotatable bonds is 8. The van der Waals surface area contributed by atoms with Crippen LogP contribution < -0.4 is 10.6 Å². The molecule has 2 aromatic heterocycles. The van der Waals surface area contributed by atoms with Crippen LogP contribution in [-0.4, -0.2) is 34.9 Å². The molecular formula is C31H33ClF2N3OPS. The van der Waals surface area contributed by atoms with Crippen molar-refractivity contribution in [2.75, 3.05) is 7.05 Å². The van der Waals surface area contributed by atoms with Gasteiger partial charge in [0.2, 0.25) is 0 Å². The third-order valence-electron chi connectivity index (χ3n) is 7.82. The predicted molar refractivity (Wildman–Crippen MR) is 165 cm³/mol. The van der Waals surface area contributed by atoms with Crippen LogP contribution in [0.5, 0.6) is 0 Å². The number of carbonyl (C=O) groups excluding carboxylic acids is 1. The van der Waals surface area contributed by atoms with Crippen LogP contribution in [0.15, 0.2) is 48.7 Å². The molecule has 1 atom stereocenters. The average molecular weight is 600 g/mol. The van der Waals surface area contributed by atoms with E-state index in [0.717, 1.165) is 89.7 Å². The summed E-state index contributed by atoms with van der Waals surface area (Å²) in [6, 6.07) is 12.9. The maximum absolute atomic E-state index is 14.6. The zero-order chi connectivity index (χ0) is 28.4. The van der Waals surface area contributed by atoms with E-state index in [-0.39, 0.29) is 31.9 Å². The van der Waals surface area contributed by atoms with Gasteiger partial charge < -0.3 is 10.2 Å². The molecule has 1 aliphatic carbocycles. The van der Waals surface area contributed by atoms with Gasteiger partial charge in [-0.1, -0.05) is 37.1 Å². The van der Waals surface area contributed by atoms with Crippen molar-refractivity contribution in [1.82, 2.24) is 15.2 Å². The third-order valence-corrected chi connectivity index (χ3v) is 10.1. The Hall–Kier alpha value is -2.44. The van der Waals surface area contributed by atoms with Gasteiger partial charge in [0.15, 0.2) is 0 Å². The van der Waals surface area contributed by atoms with Crippen LogP contribution in [0.2, 0.25) is 5.02 Å². The molecule has 0 bridgehead atoms. The number of benzene rings is 2. The van der Waals surface area contributed by atoms with Crippen molar-refractivity contribution in [1.29, 1.82) is 0 Å². The summed E-state index contributed by atoms with van der Waals surface area (Å²) in [5, 5.41) is 4.30. The SMILES string of the molecule is CCCc1cc(-c2ccc(P)c(CN(C(=O)c3sc4c(F)ccc(F)c4c3Cl)[C@H]3CC[C@H](NC)CC3)c2)ccn1. The van der Waals surface area contributed by atoms with Crippen LogP contribution in [0.1, 0.15) is 60.0 Å². The van der Waals surface area contributed by atoms with Crippen LogP contribution in [0.4, 0.5) is 8.78 Å². The molecule has 40 heavy (non-hydrogen) atoms. The minimum absolute atomic E-state index is 0.0155. The molecule has 0 saturated heterocycles. The van der Waals surface area contributed by atoms with E-state index < -0.39 is 11.6 Å². The summed E-state index contributed by atoms with van der Waals surface area (Å²) in [5.41, 5.74) is 4.18. The van der Waals surface area contributed by atoms with Crippen LogP contribution in [-0.2, 0) is 13.0 Å². The normalized spacial score (nSPS) is 17.4. The molecule has 0 radical (unpaired) electrons. The summed E-state index contributed by atoms with van der Waals surface area (Å²) in [4.78, 5) is 20.7. The highest BCUT2D eigenvalue weighted by molar-refractivity contribution is 7.27. The van der Waals surface area contributed by atoms with E-state index in [9.17, 15) is 13.6 Å². The lowest BCUT2D eigenvalue weighted by atomic mass is 9.89. The Balaban J connectivity index is 1.53. The Bertz CT molecular complexity index is 1540. The maximum atomic E-state index is 14.6. The number of nitrogens with zero attached hydrogens (tertiary/aromatic N) is 2. The minimum Gasteiger partial charge on any atom is -0.331 e. The summed E-state index contributed by atoms with van der Waals surface area (Å²) < 4.78 is 29.3. The van der Waals surface area contributed by atoms with Gasteiger partial charge in [-0.15, -0.1) is 20.6 Å². The number of nitrogens with one attached hydrogen (secondary N) is 1. The van der Waals surface area contributed by atoms with Crippen LogP contribution in [0.25, 0.3) is 21.2 Å². The number of pyridine rings is 1. The molecule has 2 heterocycles. The molecule has 210 valence electrons. The number of amides is 1. The molecule has 9 heteroatoms. The number of halogens is 3. The summed E-state index contributed by atoms with van der Waals surface area (Å²) in [7, 11) is 4.75. The number of carbonyl (C=O) groups is 1. The molecule has 1 N–H and O–H groups in total. The van der Waals surface area contributed by atoms with E-state index in [1.165, 1.54) is 0 Å². The number of aromatic nitrogens is 1. The first-order chi connectivity index (χ1) is 19.3. The van der Waals surface area contributed by atoms with Gasteiger partial charge in [0, 0.05) is 30.5 Å². The van der Waals surface area contributed by atoms with E-state index in [1.54, 1.807) is 0 Å². The zero-order valence-electron chi connectivity index (χ0n) is 22.6. The van der Waals surface area contributed by atoms with Crippen LogP contribution in [0.3, 0.4) is 0 Å². The summed E-state index contributed by atoms with van der Waals surface area (Å²) in [5.74, 6) is -1.50. The number of aryl methyl sites for hydroxylation is 1. The van der Waals surface area contributed by atoms with Crippen LogP contribution in [0, 0.1) is 11.6 Å². The Morgan fingerprint density at radius 1 is 1.10 bits per heavy atom. The molecule has 4 nitrogen and oxygen atoms in total. The summed E-state index contributed by atoms with van der Waals surface area (Å²) >= 11 is 7.50. The van der Waals surface area contributed by atoms with Crippen molar-refractivity contribution in [2.24, 2.45) is 0 Å². The lowest BCUT2D eigenvalue weighted by Gasteiger charge is -2.37. The molecule has 4 aromatic rings. The van der Waals surface area contributed by atoms with E-state index in [4.69, 9.17) is 11.6 Å². The molecule has 2 aromatic carbocycles. The zero-order valence-corrected chi connectivity index (χ0v) is 25.4. The van der Waals surface area contributed by atoms with Gasteiger partial charge in [0.05, 0.1) is 15.1 Å². The molecular weight excluding hydrogens is 567 g/mol. The fraction of sp³-hybridized carbons (Fsp3) is 0.355. The van der Waals surface area contributed by atoms with Gasteiger partial charge in [-0.05, 0) is 91.5 Å². The maximum Gasteiger partial charge on any atom is 0.266 e. The molecule has 1 unspecified atom stereocenters. The topological polar surface area (TPSA) is 45.2 Å². The van der Waals surface area contributed by atoms with Crippen molar-refractivity contribution in [3.8, 4) is 11.1 Å². The van der Waals surface area contributed by atoms with Gasteiger partial charge >= 0.3 is 0 Å². The highest BCUT2D eigenvalue weighted by Gasteiger charge is 2.32. The fourth-order valence-corrected chi connectivity index (χ4v) is 7.34. The van der Waals surface area contributed by atoms with E-state index in [1.807, 2.05) is 30.3 Å². The van der Waals surface area contributed by atoms with Crippen molar-refractivity contribution < 1.29 is 13.6 Å². The molecule has 0 spiro atoms. The standard InChI is InChI=1S/C31H33ClF2N3OPS/c1-3-4-22-16-19(13-14-36-22)18-5-12-26(39)20(15-18)17-37(23-8-6-21(35-2)7-9-23)31(38)30-28(32)27-24(33)10-11-25(34)29(27)40-30/h5,10-16,21,23,35H,3-4,6-9,17,39H2,1-2H3/t21-,23-. The summed E-state index contributed by atoms with van der Waals surface area (Å²) in [6.07, 6.45) is 7.33. The highest BCUT2D eigenvalue weighted by atomic mass is 35.5. The van der Waals surface area contributed by atoms with Gasteiger partial charge in [-0.2, -0.15) is 0 Å². The van der Waals surface area contributed by atoms with Crippen molar-refractivity contribution in [3.05, 3.63) is 81.5 Å². The number of thiophene rings is 1. The second-order valence-corrected chi connectivity index (χ2v) is 12.4. The minimum atomic E-state index is -0.627. The second-order valence-electron chi connectivity index (χ2n) is 10.4. The lowest BCUT2D eigenvalue weighted by Crippen LogP contribution is -2.44. The number of hydrogen-bond donors (Lipinski definition) is 1. The van der Waals surface area contributed by atoms with Gasteiger partial charge in [0.1, 0.15) is 16.5 Å².